The summed E-state index contributed by atoms with van der Waals surface area (Å²) in [6.07, 6.45) is 0.877. The standard InChI is InChI=1S/C20H20FN3O4S/c1-3-12-28-20-11-9-17(22-23-20)14-4-7-16(8-5-14)24-29(25,26)19-13-15(21)6-10-18(19)27-2/h4-11,13,24H,3,12H2,1-2H3. The Hall–Kier alpha value is -3.20. The fraction of sp³-hybridized carbons (Fsp3) is 0.200. The quantitative estimate of drug-likeness (QED) is 0.598. The predicted octanol–water partition coefficient (Wildman–Crippen LogP) is 3.88. The number of hydrogen-bond acceptors (Lipinski definition) is 6. The van der Waals surface area contributed by atoms with Gasteiger partial charge in [0.2, 0.25) is 5.88 Å². The van der Waals surface area contributed by atoms with Gasteiger partial charge in [-0.1, -0.05) is 19.1 Å². The first-order chi connectivity index (χ1) is 13.9. The van der Waals surface area contributed by atoms with E-state index in [9.17, 15) is 12.8 Å². The zero-order valence-corrected chi connectivity index (χ0v) is 16.7. The molecule has 0 radical (unpaired) electrons. The molecule has 1 heterocycles. The highest BCUT2D eigenvalue weighted by atomic mass is 32.2. The van der Waals surface area contributed by atoms with Crippen molar-refractivity contribution in [2.75, 3.05) is 18.4 Å². The molecule has 0 unspecified atom stereocenters. The average Bonchev–Trinajstić information content (AvgIpc) is 2.73. The van der Waals surface area contributed by atoms with Crippen LogP contribution < -0.4 is 14.2 Å². The zero-order valence-electron chi connectivity index (χ0n) is 15.9. The zero-order chi connectivity index (χ0) is 20.9. The lowest BCUT2D eigenvalue weighted by molar-refractivity contribution is 0.302. The topological polar surface area (TPSA) is 90.4 Å². The van der Waals surface area contributed by atoms with Crippen molar-refractivity contribution in [2.45, 2.75) is 18.2 Å². The first-order valence-electron chi connectivity index (χ1n) is 8.86. The minimum atomic E-state index is -4.03. The van der Waals surface area contributed by atoms with Crippen LogP contribution >= 0.6 is 0 Å². The smallest absolute Gasteiger partial charge is 0.265 e. The third-order valence-corrected chi connectivity index (χ3v) is 5.34. The second kappa shape index (κ2) is 8.87. The van der Waals surface area contributed by atoms with Crippen LogP contribution in [0.5, 0.6) is 11.6 Å². The van der Waals surface area contributed by atoms with Gasteiger partial charge in [0.1, 0.15) is 16.5 Å². The number of aromatic nitrogens is 2. The normalized spacial score (nSPS) is 11.1. The molecular formula is C20H20FN3O4S. The highest BCUT2D eigenvalue weighted by Gasteiger charge is 2.20. The molecule has 0 saturated carbocycles. The van der Waals surface area contributed by atoms with Crippen molar-refractivity contribution >= 4 is 15.7 Å². The number of benzene rings is 2. The maximum atomic E-state index is 13.5. The van der Waals surface area contributed by atoms with Crippen molar-refractivity contribution < 1.29 is 22.3 Å². The number of methoxy groups -OCH3 is 1. The Bertz CT molecular complexity index is 1070. The first kappa shape index (κ1) is 20.5. The molecule has 0 amide bonds. The van der Waals surface area contributed by atoms with Crippen LogP contribution in [-0.4, -0.2) is 32.3 Å². The van der Waals surface area contributed by atoms with Gasteiger partial charge in [0.15, 0.2) is 0 Å². The summed E-state index contributed by atoms with van der Waals surface area (Å²) < 4.78 is 51.6. The van der Waals surface area contributed by atoms with E-state index >= 15 is 0 Å². The molecule has 152 valence electrons. The van der Waals surface area contributed by atoms with Gasteiger partial charge >= 0.3 is 0 Å². The number of nitrogens with one attached hydrogen (secondary N) is 1. The van der Waals surface area contributed by atoms with Gasteiger partial charge in [0, 0.05) is 17.3 Å². The predicted molar refractivity (Wildman–Crippen MR) is 107 cm³/mol. The molecule has 0 atom stereocenters. The summed E-state index contributed by atoms with van der Waals surface area (Å²) in [6.45, 7) is 2.57. The van der Waals surface area contributed by atoms with E-state index in [0.717, 1.165) is 24.1 Å². The molecule has 0 saturated heterocycles. The van der Waals surface area contributed by atoms with Crippen LogP contribution in [0, 0.1) is 5.82 Å². The number of ether oxygens (including phenoxy) is 2. The molecule has 2 aromatic carbocycles. The molecule has 1 N–H and O–H groups in total. The van der Waals surface area contributed by atoms with E-state index in [1.165, 1.54) is 13.2 Å². The van der Waals surface area contributed by atoms with E-state index in [4.69, 9.17) is 9.47 Å². The molecule has 9 heteroatoms. The number of hydrogen-bond donors (Lipinski definition) is 1. The Balaban J connectivity index is 1.77. The van der Waals surface area contributed by atoms with Crippen LogP contribution in [0.3, 0.4) is 0 Å². The van der Waals surface area contributed by atoms with Crippen LogP contribution in [0.2, 0.25) is 0 Å². The number of nitrogens with zero attached hydrogens (tertiary/aromatic N) is 2. The number of halogens is 1. The number of anilines is 1. The lowest BCUT2D eigenvalue weighted by atomic mass is 10.1. The van der Waals surface area contributed by atoms with E-state index in [2.05, 4.69) is 14.9 Å². The van der Waals surface area contributed by atoms with E-state index < -0.39 is 15.8 Å². The van der Waals surface area contributed by atoms with Gasteiger partial charge in [0.25, 0.3) is 10.0 Å². The van der Waals surface area contributed by atoms with E-state index in [1.54, 1.807) is 36.4 Å². The highest BCUT2D eigenvalue weighted by Crippen LogP contribution is 2.27. The average molecular weight is 417 g/mol. The van der Waals surface area contributed by atoms with Crippen LogP contribution in [0.25, 0.3) is 11.3 Å². The van der Waals surface area contributed by atoms with Gasteiger partial charge in [0.05, 0.1) is 19.4 Å². The Morgan fingerprint density at radius 2 is 1.79 bits per heavy atom. The highest BCUT2D eigenvalue weighted by molar-refractivity contribution is 7.92. The van der Waals surface area contributed by atoms with Gasteiger partial charge in [-0.3, -0.25) is 4.72 Å². The van der Waals surface area contributed by atoms with Crippen LogP contribution in [0.15, 0.2) is 59.5 Å². The van der Waals surface area contributed by atoms with Crippen molar-refractivity contribution in [1.82, 2.24) is 10.2 Å². The molecule has 0 spiro atoms. The Kier molecular flexibility index (Phi) is 6.28. The lowest BCUT2D eigenvalue weighted by Gasteiger charge is -2.12. The van der Waals surface area contributed by atoms with Gasteiger partial charge in [-0.05, 0) is 42.8 Å². The fourth-order valence-corrected chi connectivity index (χ4v) is 3.78. The summed E-state index contributed by atoms with van der Waals surface area (Å²) in [4.78, 5) is -0.280. The Labute approximate surface area is 168 Å². The summed E-state index contributed by atoms with van der Waals surface area (Å²) in [7, 11) is -2.71. The largest absolute Gasteiger partial charge is 0.495 e. The first-order valence-corrected chi connectivity index (χ1v) is 10.3. The van der Waals surface area contributed by atoms with E-state index in [0.29, 0.717) is 23.9 Å². The molecule has 0 bridgehead atoms. The minimum Gasteiger partial charge on any atom is -0.495 e. The van der Waals surface area contributed by atoms with Crippen LogP contribution in [0.4, 0.5) is 10.1 Å². The minimum absolute atomic E-state index is 0.0520. The third kappa shape index (κ3) is 5.00. The summed E-state index contributed by atoms with van der Waals surface area (Å²) in [5, 5.41) is 8.12. The molecule has 0 fully saturated rings. The molecule has 0 aliphatic heterocycles. The van der Waals surface area contributed by atoms with E-state index in [1.807, 2.05) is 6.92 Å². The molecule has 1 aromatic heterocycles. The molecule has 3 aromatic rings. The molecule has 0 aliphatic carbocycles. The number of sulfonamides is 1. The van der Waals surface area contributed by atoms with Crippen molar-refractivity contribution in [3.63, 3.8) is 0 Å². The second-order valence-electron chi connectivity index (χ2n) is 6.08. The van der Waals surface area contributed by atoms with Gasteiger partial charge in [-0.15, -0.1) is 10.2 Å². The summed E-state index contributed by atoms with van der Waals surface area (Å²) in [6, 6.07) is 13.4. The molecule has 3 rings (SSSR count). The van der Waals surface area contributed by atoms with Crippen LogP contribution in [-0.2, 0) is 10.0 Å². The van der Waals surface area contributed by atoms with E-state index in [-0.39, 0.29) is 10.6 Å². The second-order valence-corrected chi connectivity index (χ2v) is 7.73. The third-order valence-electron chi connectivity index (χ3n) is 3.94. The maximum absolute atomic E-state index is 13.5. The molecular weight excluding hydrogens is 397 g/mol. The monoisotopic (exact) mass is 417 g/mol. The summed E-state index contributed by atoms with van der Waals surface area (Å²) >= 11 is 0. The SMILES string of the molecule is CCCOc1ccc(-c2ccc(NS(=O)(=O)c3cc(F)ccc3OC)cc2)nn1. The van der Waals surface area contributed by atoms with Crippen molar-refractivity contribution in [3.05, 3.63) is 60.4 Å². The van der Waals surface area contributed by atoms with Gasteiger partial charge in [-0.25, -0.2) is 12.8 Å². The molecule has 29 heavy (non-hydrogen) atoms. The molecule has 0 aliphatic rings. The van der Waals surface area contributed by atoms with Gasteiger partial charge in [-0.2, -0.15) is 0 Å². The number of rotatable bonds is 8. The van der Waals surface area contributed by atoms with Gasteiger partial charge < -0.3 is 9.47 Å². The summed E-state index contributed by atoms with van der Waals surface area (Å²) in [5.74, 6) is -0.174. The van der Waals surface area contributed by atoms with Crippen molar-refractivity contribution in [3.8, 4) is 22.9 Å². The Morgan fingerprint density at radius 1 is 1.03 bits per heavy atom. The lowest BCUT2D eigenvalue weighted by Crippen LogP contribution is -2.14. The molecule has 7 nitrogen and oxygen atoms in total. The maximum Gasteiger partial charge on any atom is 0.265 e. The van der Waals surface area contributed by atoms with Crippen LogP contribution in [0.1, 0.15) is 13.3 Å². The van der Waals surface area contributed by atoms with Crippen molar-refractivity contribution in [2.24, 2.45) is 0 Å². The fourth-order valence-electron chi connectivity index (χ4n) is 2.54. The Morgan fingerprint density at radius 3 is 2.41 bits per heavy atom. The van der Waals surface area contributed by atoms with Crippen molar-refractivity contribution in [1.29, 1.82) is 0 Å². The summed E-state index contributed by atoms with van der Waals surface area (Å²) in [5.41, 5.74) is 1.69.